The molecule has 1 aromatic carbocycles. The van der Waals surface area contributed by atoms with Gasteiger partial charge < -0.3 is 5.11 Å². The van der Waals surface area contributed by atoms with Crippen LogP contribution in [0.2, 0.25) is 0 Å². The third kappa shape index (κ3) is 3.32. The molecule has 0 bridgehead atoms. The van der Waals surface area contributed by atoms with Gasteiger partial charge in [-0.3, -0.25) is 4.90 Å². The lowest BCUT2D eigenvalue weighted by molar-refractivity contribution is 0.153. The van der Waals surface area contributed by atoms with Crippen molar-refractivity contribution in [3.05, 3.63) is 34.9 Å². The van der Waals surface area contributed by atoms with Crippen LogP contribution in [-0.4, -0.2) is 35.2 Å². The predicted octanol–water partition coefficient (Wildman–Crippen LogP) is 3.30. The second-order valence-electron chi connectivity index (χ2n) is 7.90. The Morgan fingerprint density at radius 2 is 1.76 bits per heavy atom. The van der Waals surface area contributed by atoms with Crippen LogP contribution in [0.15, 0.2) is 18.2 Å². The molecule has 0 spiro atoms. The van der Waals surface area contributed by atoms with Crippen molar-refractivity contribution in [1.82, 2.24) is 4.90 Å². The highest BCUT2D eigenvalue weighted by molar-refractivity contribution is 5.36. The number of β-amino-alcohol motifs (C(OH)–C–C–N with tert-alkyl or cyclic N) is 1. The standard InChI is InChI=1S/C19H29NO/c1-19(2,3)16-7-4-14-5-8-17(9-6-15(14)12-16)20-11-10-18(21)13-20/h4,7,12,17-18,21H,5-6,8-11,13H2,1-3H3/t17?,18-/m0/s1. The van der Waals surface area contributed by atoms with Gasteiger partial charge in [0.1, 0.15) is 0 Å². The lowest BCUT2D eigenvalue weighted by Gasteiger charge is -2.26. The first-order valence-corrected chi connectivity index (χ1v) is 8.48. The first-order valence-electron chi connectivity index (χ1n) is 8.48. The van der Waals surface area contributed by atoms with Crippen molar-refractivity contribution in [2.45, 2.75) is 70.4 Å². The van der Waals surface area contributed by atoms with E-state index < -0.39 is 0 Å². The largest absolute Gasteiger partial charge is 0.392 e. The second-order valence-corrected chi connectivity index (χ2v) is 7.90. The summed E-state index contributed by atoms with van der Waals surface area (Å²) >= 11 is 0. The maximum absolute atomic E-state index is 9.76. The molecule has 1 aliphatic carbocycles. The van der Waals surface area contributed by atoms with Crippen LogP contribution < -0.4 is 0 Å². The van der Waals surface area contributed by atoms with Gasteiger partial charge in [-0.2, -0.15) is 0 Å². The van der Waals surface area contributed by atoms with Crippen molar-refractivity contribution in [1.29, 1.82) is 0 Å². The van der Waals surface area contributed by atoms with Gasteiger partial charge in [-0.25, -0.2) is 0 Å². The van der Waals surface area contributed by atoms with Crippen molar-refractivity contribution in [3.63, 3.8) is 0 Å². The topological polar surface area (TPSA) is 23.5 Å². The summed E-state index contributed by atoms with van der Waals surface area (Å²) in [4.78, 5) is 2.52. The quantitative estimate of drug-likeness (QED) is 0.801. The van der Waals surface area contributed by atoms with Crippen LogP contribution in [0.5, 0.6) is 0 Å². The molecule has 1 aliphatic heterocycles. The summed E-state index contributed by atoms with van der Waals surface area (Å²) in [6.45, 7) is 8.84. The number of fused-ring (bicyclic) bond motifs is 1. The zero-order valence-corrected chi connectivity index (χ0v) is 13.7. The number of aryl methyl sites for hydroxylation is 2. The second kappa shape index (κ2) is 5.73. The number of likely N-dealkylation sites (tertiary alicyclic amines) is 1. The van der Waals surface area contributed by atoms with Gasteiger partial charge in [0.2, 0.25) is 0 Å². The molecule has 0 radical (unpaired) electrons. The fraction of sp³-hybridized carbons (Fsp3) is 0.684. The molecular formula is C19H29NO. The highest BCUT2D eigenvalue weighted by Crippen LogP contribution is 2.30. The average molecular weight is 287 g/mol. The highest BCUT2D eigenvalue weighted by Gasteiger charge is 2.28. The van der Waals surface area contributed by atoms with Gasteiger partial charge in [-0.15, -0.1) is 0 Å². The van der Waals surface area contributed by atoms with Gasteiger partial charge >= 0.3 is 0 Å². The van der Waals surface area contributed by atoms with E-state index in [2.05, 4.69) is 43.9 Å². The number of rotatable bonds is 1. The molecule has 0 aromatic heterocycles. The van der Waals surface area contributed by atoms with Crippen molar-refractivity contribution in [2.24, 2.45) is 0 Å². The Labute approximate surface area is 129 Å². The highest BCUT2D eigenvalue weighted by atomic mass is 16.3. The van der Waals surface area contributed by atoms with E-state index in [1.165, 1.54) is 31.2 Å². The zero-order chi connectivity index (χ0) is 15.0. The molecule has 1 saturated heterocycles. The summed E-state index contributed by atoms with van der Waals surface area (Å²) in [6, 6.07) is 7.78. The van der Waals surface area contributed by atoms with E-state index in [4.69, 9.17) is 0 Å². The molecule has 1 unspecified atom stereocenters. The number of aliphatic hydroxyl groups excluding tert-OH is 1. The molecule has 2 heteroatoms. The molecule has 3 rings (SSSR count). The molecule has 0 saturated carbocycles. The van der Waals surface area contributed by atoms with Crippen LogP contribution in [-0.2, 0) is 18.3 Å². The van der Waals surface area contributed by atoms with Gasteiger partial charge in [0.05, 0.1) is 6.10 Å². The fourth-order valence-corrected chi connectivity index (χ4v) is 3.82. The summed E-state index contributed by atoms with van der Waals surface area (Å²) in [5, 5.41) is 9.76. The van der Waals surface area contributed by atoms with Crippen molar-refractivity contribution < 1.29 is 5.11 Å². The molecule has 0 amide bonds. The number of aliphatic hydroxyl groups is 1. The van der Waals surface area contributed by atoms with Gasteiger partial charge in [0, 0.05) is 19.1 Å². The molecule has 2 atom stereocenters. The Hall–Kier alpha value is -0.860. The van der Waals surface area contributed by atoms with E-state index in [0.717, 1.165) is 19.5 Å². The first kappa shape index (κ1) is 15.1. The summed E-state index contributed by atoms with van der Waals surface area (Å²) in [7, 11) is 0. The van der Waals surface area contributed by atoms with Crippen LogP contribution in [0.4, 0.5) is 0 Å². The molecule has 116 valence electrons. The van der Waals surface area contributed by atoms with Gasteiger partial charge in [-0.05, 0) is 54.2 Å². The van der Waals surface area contributed by atoms with Gasteiger partial charge in [-0.1, -0.05) is 39.0 Å². The Kier molecular flexibility index (Phi) is 4.11. The van der Waals surface area contributed by atoms with Crippen LogP contribution in [0.25, 0.3) is 0 Å². The summed E-state index contributed by atoms with van der Waals surface area (Å²) in [5.74, 6) is 0. The predicted molar refractivity (Wildman–Crippen MR) is 87.8 cm³/mol. The van der Waals surface area contributed by atoms with Crippen molar-refractivity contribution in [3.8, 4) is 0 Å². The third-order valence-electron chi connectivity index (χ3n) is 5.28. The average Bonchev–Trinajstić information content (AvgIpc) is 2.73. The molecular weight excluding hydrogens is 258 g/mol. The lowest BCUT2D eigenvalue weighted by Crippen LogP contribution is -2.34. The summed E-state index contributed by atoms with van der Waals surface area (Å²) in [5.41, 5.74) is 4.80. The molecule has 1 N–H and O–H groups in total. The Morgan fingerprint density at radius 1 is 1.05 bits per heavy atom. The van der Waals surface area contributed by atoms with Crippen molar-refractivity contribution >= 4 is 0 Å². The van der Waals surface area contributed by atoms with Gasteiger partial charge in [0.15, 0.2) is 0 Å². The minimum atomic E-state index is -0.0943. The van der Waals surface area contributed by atoms with E-state index in [-0.39, 0.29) is 11.5 Å². The maximum Gasteiger partial charge on any atom is 0.0679 e. The maximum atomic E-state index is 9.76. The Bertz CT molecular complexity index is 503. The van der Waals surface area contributed by atoms with Crippen LogP contribution >= 0.6 is 0 Å². The molecule has 21 heavy (non-hydrogen) atoms. The first-order chi connectivity index (χ1) is 9.93. The van der Waals surface area contributed by atoms with E-state index in [1.54, 1.807) is 11.1 Å². The van der Waals surface area contributed by atoms with E-state index >= 15 is 0 Å². The van der Waals surface area contributed by atoms with E-state index in [9.17, 15) is 5.11 Å². The van der Waals surface area contributed by atoms with Crippen LogP contribution in [0.3, 0.4) is 0 Å². The molecule has 2 nitrogen and oxygen atoms in total. The molecule has 2 aliphatic rings. The van der Waals surface area contributed by atoms with Crippen molar-refractivity contribution in [2.75, 3.05) is 13.1 Å². The zero-order valence-electron chi connectivity index (χ0n) is 13.7. The number of nitrogens with zero attached hydrogens (tertiary/aromatic N) is 1. The van der Waals surface area contributed by atoms with Crippen LogP contribution in [0.1, 0.15) is 56.7 Å². The number of hydrogen-bond acceptors (Lipinski definition) is 2. The fourth-order valence-electron chi connectivity index (χ4n) is 3.82. The molecule has 1 heterocycles. The lowest BCUT2D eigenvalue weighted by atomic mass is 9.84. The molecule has 1 fully saturated rings. The minimum absolute atomic E-state index is 0.0943. The smallest absolute Gasteiger partial charge is 0.0679 e. The Morgan fingerprint density at radius 3 is 2.38 bits per heavy atom. The van der Waals surface area contributed by atoms with E-state index in [0.29, 0.717) is 6.04 Å². The van der Waals surface area contributed by atoms with Crippen LogP contribution in [0, 0.1) is 0 Å². The number of benzene rings is 1. The van der Waals surface area contributed by atoms with Gasteiger partial charge in [0.25, 0.3) is 0 Å². The minimum Gasteiger partial charge on any atom is -0.392 e. The number of hydrogen-bond donors (Lipinski definition) is 1. The Balaban J connectivity index is 1.74. The third-order valence-corrected chi connectivity index (χ3v) is 5.28. The van der Waals surface area contributed by atoms with E-state index in [1.807, 2.05) is 0 Å². The summed E-state index contributed by atoms with van der Waals surface area (Å²) in [6.07, 6.45) is 5.73. The molecule has 1 aromatic rings. The summed E-state index contributed by atoms with van der Waals surface area (Å²) < 4.78 is 0. The monoisotopic (exact) mass is 287 g/mol. The normalized spacial score (nSPS) is 27.4. The SMILES string of the molecule is CC(C)(C)c1ccc2c(c1)CCC(N1CC[C@H](O)C1)CC2.